The number of rotatable bonds is 0. The fourth-order valence-corrected chi connectivity index (χ4v) is 2.34. The van der Waals surface area contributed by atoms with Crippen molar-refractivity contribution in [3.63, 3.8) is 0 Å². The van der Waals surface area contributed by atoms with Gasteiger partial charge < -0.3 is 5.73 Å². The molecule has 2 N–H and O–H groups in total. The van der Waals surface area contributed by atoms with Crippen molar-refractivity contribution in [3.05, 3.63) is 52.4 Å². The van der Waals surface area contributed by atoms with Gasteiger partial charge >= 0.3 is 0 Å². The third kappa shape index (κ3) is 1.47. The molecule has 0 bridgehead atoms. The van der Waals surface area contributed by atoms with Crippen LogP contribution in [0.15, 0.2) is 50.7 Å². The molecule has 0 saturated carbocycles. The molecule has 1 aromatic carbocycles. The third-order valence-corrected chi connectivity index (χ3v) is 3.24. The maximum atomic E-state index is 5.64. The first-order valence-corrected chi connectivity index (χ1v) is 5.69. The Balaban J connectivity index is 2.25. The van der Waals surface area contributed by atoms with E-state index in [0.29, 0.717) is 5.96 Å². The van der Waals surface area contributed by atoms with Crippen LogP contribution in [0.4, 0.5) is 0 Å². The van der Waals surface area contributed by atoms with E-state index in [4.69, 9.17) is 5.73 Å². The molecule has 0 amide bonds. The van der Waals surface area contributed by atoms with Crippen molar-refractivity contribution in [1.29, 1.82) is 0 Å². The molecule has 0 saturated heterocycles. The summed E-state index contributed by atoms with van der Waals surface area (Å²) in [7, 11) is 0. The quantitative estimate of drug-likeness (QED) is 0.692. The van der Waals surface area contributed by atoms with Crippen LogP contribution in [0.3, 0.4) is 0 Å². The minimum Gasteiger partial charge on any atom is -0.367 e. The largest absolute Gasteiger partial charge is 0.367 e. The van der Waals surface area contributed by atoms with Crippen molar-refractivity contribution in [3.8, 4) is 0 Å². The van der Waals surface area contributed by atoms with Crippen molar-refractivity contribution in [2.24, 2.45) is 15.1 Å². The van der Waals surface area contributed by atoms with Gasteiger partial charge in [-0.1, -0.05) is 36.4 Å². The lowest BCUT2D eigenvalue weighted by Crippen LogP contribution is -2.17. The summed E-state index contributed by atoms with van der Waals surface area (Å²) in [5.74, 6) is 0.328. The van der Waals surface area contributed by atoms with Gasteiger partial charge in [0, 0.05) is 17.5 Å². The molecule has 3 rings (SSSR count). The zero-order valence-electron chi connectivity index (χ0n) is 8.42. The molecule has 4 heteroatoms. The van der Waals surface area contributed by atoms with Crippen molar-refractivity contribution in [2.75, 3.05) is 0 Å². The van der Waals surface area contributed by atoms with E-state index < -0.39 is 0 Å². The third-order valence-electron chi connectivity index (χ3n) is 2.44. The number of hydrogen-bond acceptors (Lipinski definition) is 4. The first-order valence-electron chi connectivity index (χ1n) is 4.92. The first-order chi connectivity index (χ1) is 7.84. The summed E-state index contributed by atoms with van der Waals surface area (Å²) < 4.78 is 4.05. The minimum atomic E-state index is 0.328. The van der Waals surface area contributed by atoms with E-state index in [-0.39, 0.29) is 0 Å². The van der Waals surface area contributed by atoms with Gasteiger partial charge in [-0.3, -0.25) is 0 Å². The predicted octanol–water partition coefficient (Wildman–Crippen LogP) is 2.36. The maximum absolute atomic E-state index is 5.64. The Labute approximate surface area is 97.6 Å². The summed E-state index contributed by atoms with van der Waals surface area (Å²) in [4.78, 5) is 5.36. The summed E-state index contributed by atoms with van der Waals surface area (Å²) in [6, 6.07) is 8.14. The van der Waals surface area contributed by atoms with Crippen LogP contribution in [0.25, 0.3) is 6.08 Å². The maximum Gasteiger partial charge on any atom is 0.227 e. The van der Waals surface area contributed by atoms with Crippen LogP contribution < -0.4 is 5.73 Å². The lowest BCUT2D eigenvalue weighted by atomic mass is 10.0. The molecule has 0 spiro atoms. The molecule has 1 aliphatic heterocycles. The standard InChI is InChI=1S/C12H9N3S/c13-12-14-11-9-6-2-1-4-8(9)5-3-7-10(11)16-15-12/h1-7H,(H2,13,15). The van der Waals surface area contributed by atoms with Crippen LogP contribution >= 0.6 is 11.9 Å². The minimum absolute atomic E-state index is 0.328. The topological polar surface area (TPSA) is 50.7 Å². The van der Waals surface area contributed by atoms with Gasteiger partial charge in [0.25, 0.3) is 0 Å². The van der Waals surface area contributed by atoms with Gasteiger partial charge in [-0.2, -0.15) is 4.40 Å². The molecule has 0 fully saturated rings. The van der Waals surface area contributed by atoms with Gasteiger partial charge in [-0.25, -0.2) is 4.99 Å². The highest BCUT2D eigenvalue weighted by Crippen LogP contribution is 2.30. The predicted molar refractivity (Wildman–Crippen MR) is 69.3 cm³/mol. The van der Waals surface area contributed by atoms with Crippen molar-refractivity contribution in [2.45, 2.75) is 0 Å². The summed E-state index contributed by atoms with van der Waals surface area (Å²) in [5.41, 5.74) is 8.82. The summed E-state index contributed by atoms with van der Waals surface area (Å²) >= 11 is 1.37. The SMILES string of the molecule is NC1=NSC2=CC=Cc3ccccc3C2=N1. The molecule has 0 radical (unpaired) electrons. The van der Waals surface area contributed by atoms with Crippen LogP contribution in [0, 0.1) is 0 Å². The molecule has 0 aromatic heterocycles. The summed E-state index contributed by atoms with van der Waals surface area (Å²) in [6.07, 6.45) is 6.10. The Morgan fingerprint density at radius 3 is 3.00 bits per heavy atom. The number of benzene rings is 1. The van der Waals surface area contributed by atoms with E-state index >= 15 is 0 Å². The fourth-order valence-electron chi connectivity index (χ4n) is 1.73. The number of allylic oxidation sites excluding steroid dienone is 3. The highest BCUT2D eigenvalue weighted by Gasteiger charge is 2.18. The summed E-state index contributed by atoms with van der Waals surface area (Å²) in [5, 5.41) is 0. The van der Waals surface area contributed by atoms with E-state index in [1.54, 1.807) is 0 Å². The van der Waals surface area contributed by atoms with Crippen LogP contribution in [-0.4, -0.2) is 11.7 Å². The van der Waals surface area contributed by atoms with Gasteiger partial charge in [0.05, 0.1) is 10.6 Å². The first kappa shape index (κ1) is 9.42. The average molecular weight is 227 g/mol. The molecular formula is C12H9N3S. The molecule has 1 heterocycles. The zero-order chi connectivity index (χ0) is 11.0. The number of nitrogens with two attached hydrogens (primary N) is 1. The number of hydrogen-bond donors (Lipinski definition) is 1. The second-order valence-electron chi connectivity index (χ2n) is 3.48. The van der Waals surface area contributed by atoms with Gasteiger partial charge in [-0.15, -0.1) is 0 Å². The van der Waals surface area contributed by atoms with E-state index in [9.17, 15) is 0 Å². The van der Waals surface area contributed by atoms with Crippen molar-refractivity contribution < 1.29 is 0 Å². The lowest BCUT2D eigenvalue weighted by molar-refractivity contribution is 1.48. The van der Waals surface area contributed by atoms with Gasteiger partial charge in [0.2, 0.25) is 5.96 Å². The second-order valence-corrected chi connectivity index (χ2v) is 4.28. The van der Waals surface area contributed by atoms with Gasteiger partial charge in [-0.05, 0) is 11.6 Å². The number of fused-ring (bicyclic) bond motifs is 3. The molecule has 2 aliphatic rings. The monoisotopic (exact) mass is 227 g/mol. The van der Waals surface area contributed by atoms with E-state index in [0.717, 1.165) is 21.7 Å². The Kier molecular flexibility index (Phi) is 2.15. The molecule has 78 valence electrons. The van der Waals surface area contributed by atoms with Crippen LogP contribution in [0.1, 0.15) is 11.1 Å². The Morgan fingerprint density at radius 1 is 1.19 bits per heavy atom. The zero-order valence-corrected chi connectivity index (χ0v) is 9.24. The summed E-state index contributed by atoms with van der Waals surface area (Å²) in [6.45, 7) is 0. The van der Waals surface area contributed by atoms with E-state index in [1.165, 1.54) is 11.9 Å². The molecule has 3 nitrogen and oxygen atoms in total. The Bertz CT molecular complexity index is 567. The average Bonchev–Trinajstić information content (AvgIpc) is 2.48. The smallest absolute Gasteiger partial charge is 0.227 e. The highest BCUT2D eigenvalue weighted by molar-refractivity contribution is 8.03. The molecule has 0 unspecified atom stereocenters. The van der Waals surface area contributed by atoms with Crippen LogP contribution in [0.2, 0.25) is 0 Å². The number of guanidine groups is 1. The molecular weight excluding hydrogens is 218 g/mol. The van der Waals surface area contributed by atoms with Gasteiger partial charge in [0.15, 0.2) is 0 Å². The number of aliphatic imine (C=N–C) groups is 1. The van der Waals surface area contributed by atoms with E-state index in [2.05, 4.69) is 27.6 Å². The second kappa shape index (κ2) is 3.64. The Morgan fingerprint density at radius 2 is 2.06 bits per heavy atom. The fraction of sp³-hybridized carbons (Fsp3) is 0. The lowest BCUT2D eigenvalue weighted by Gasteiger charge is -2.12. The highest BCUT2D eigenvalue weighted by atomic mass is 32.2. The van der Waals surface area contributed by atoms with Crippen LogP contribution in [0.5, 0.6) is 0 Å². The van der Waals surface area contributed by atoms with Gasteiger partial charge in [0.1, 0.15) is 0 Å². The van der Waals surface area contributed by atoms with E-state index in [1.807, 2.05) is 24.3 Å². The molecule has 0 atom stereocenters. The molecule has 1 aliphatic carbocycles. The van der Waals surface area contributed by atoms with Crippen molar-refractivity contribution >= 4 is 29.7 Å². The van der Waals surface area contributed by atoms with Crippen molar-refractivity contribution in [1.82, 2.24) is 0 Å². The molecule has 1 aromatic rings. The Hall–Kier alpha value is -1.81. The number of nitrogens with zero attached hydrogens (tertiary/aromatic N) is 2. The van der Waals surface area contributed by atoms with Crippen LogP contribution in [-0.2, 0) is 0 Å². The molecule has 16 heavy (non-hydrogen) atoms. The normalized spacial score (nSPS) is 17.6.